The molecule has 0 spiro atoms. The number of likely N-dealkylation sites (N-methyl/N-ethyl adjacent to an activating group) is 1. The van der Waals surface area contributed by atoms with Crippen molar-refractivity contribution in [2.24, 2.45) is 0 Å². The Bertz CT molecular complexity index is 557. The maximum atomic E-state index is 12.0. The molecule has 0 aliphatic carbocycles. The minimum Gasteiger partial charge on any atom is -0.426 e. The van der Waals surface area contributed by atoms with Gasteiger partial charge in [-0.15, -0.1) is 0 Å². The number of ether oxygens (including phenoxy) is 1. The second-order valence-electron chi connectivity index (χ2n) is 4.94. The van der Waals surface area contributed by atoms with Crippen molar-refractivity contribution < 1.29 is 14.3 Å². The zero-order chi connectivity index (χ0) is 16.0. The van der Waals surface area contributed by atoms with Crippen LogP contribution in [-0.4, -0.2) is 29.9 Å². The first-order valence-electron chi connectivity index (χ1n) is 7.15. The predicted molar refractivity (Wildman–Crippen MR) is 84.2 cm³/mol. The fourth-order valence-electron chi connectivity index (χ4n) is 2.20. The van der Waals surface area contributed by atoms with Crippen molar-refractivity contribution in [3.63, 3.8) is 0 Å². The Kier molecular flexibility index (Phi) is 6.15. The number of aryl methyl sites for hydroxylation is 2. The smallest absolute Gasteiger partial charge is 0.308 e. The minimum absolute atomic E-state index is 0.0482. The van der Waals surface area contributed by atoms with Gasteiger partial charge in [-0.25, -0.2) is 0 Å². The third-order valence-corrected chi connectivity index (χ3v) is 3.17. The van der Waals surface area contributed by atoms with Crippen molar-refractivity contribution in [3.05, 3.63) is 34.9 Å². The molecule has 0 unspecified atom stereocenters. The van der Waals surface area contributed by atoms with Crippen LogP contribution in [0.2, 0.25) is 0 Å². The molecule has 0 aromatic heterocycles. The first-order valence-corrected chi connectivity index (χ1v) is 7.15. The average molecular weight is 289 g/mol. The summed E-state index contributed by atoms with van der Waals surface area (Å²) < 4.78 is 5.26. The summed E-state index contributed by atoms with van der Waals surface area (Å²) in [7, 11) is 0. The SMILES string of the molecule is CCN(CC)C(=O)/C=C\c1cc(C)cc(C)c1OC(C)=O. The van der Waals surface area contributed by atoms with Crippen LogP contribution in [0.3, 0.4) is 0 Å². The second-order valence-corrected chi connectivity index (χ2v) is 4.94. The highest BCUT2D eigenvalue weighted by Crippen LogP contribution is 2.27. The maximum absolute atomic E-state index is 12.0. The molecule has 0 saturated heterocycles. The molecule has 1 aromatic rings. The van der Waals surface area contributed by atoms with Crippen LogP contribution in [0, 0.1) is 13.8 Å². The van der Waals surface area contributed by atoms with E-state index >= 15 is 0 Å². The number of hydrogen-bond donors (Lipinski definition) is 0. The van der Waals surface area contributed by atoms with E-state index in [4.69, 9.17) is 4.74 Å². The van der Waals surface area contributed by atoms with E-state index in [1.165, 1.54) is 13.0 Å². The topological polar surface area (TPSA) is 46.6 Å². The van der Waals surface area contributed by atoms with E-state index in [1.807, 2.05) is 39.8 Å². The normalized spacial score (nSPS) is 10.7. The highest BCUT2D eigenvalue weighted by molar-refractivity contribution is 5.92. The number of amides is 1. The third-order valence-electron chi connectivity index (χ3n) is 3.17. The summed E-state index contributed by atoms with van der Waals surface area (Å²) in [4.78, 5) is 25.0. The lowest BCUT2D eigenvalue weighted by Gasteiger charge is -2.16. The molecule has 0 aliphatic rings. The van der Waals surface area contributed by atoms with E-state index in [2.05, 4.69) is 0 Å². The summed E-state index contributed by atoms with van der Waals surface area (Å²) in [5.41, 5.74) is 2.67. The number of esters is 1. The van der Waals surface area contributed by atoms with Crippen LogP contribution >= 0.6 is 0 Å². The van der Waals surface area contributed by atoms with Gasteiger partial charge in [0.25, 0.3) is 0 Å². The molecule has 0 atom stereocenters. The van der Waals surface area contributed by atoms with Crippen LogP contribution in [0.4, 0.5) is 0 Å². The molecular weight excluding hydrogens is 266 g/mol. The lowest BCUT2D eigenvalue weighted by molar-refractivity contribution is -0.132. The van der Waals surface area contributed by atoms with Gasteiger partial charge < -0.3 is 9.64 Å². The van der Waals surface area contributed by atoms with Crippen LogP contribution in [0.25, 0.3) is 6.08 Å². The van der Waals surface area contributed by atoms with E-state index in [0.717, 1.165) is 16.7 Å². The van der Waals surface area contributed by atoms with Crippen LogP contribution in [0.5, 0.6) is 5.75 Å². The summed E-state index contributed by atoms with van der Waals surface area (Å²) in [5.74, 6) is 0.0938. The quantitative estimate of drug-likeness (QED) is 0.475. The Morgan fingerprint density at radius 1 is 1.19 bits per heavy atom. The number of nitrogens with zero attached hydrogens (tertiary/aromatic N) is 1. The van der Waals surface area contributed by atoms with E-state index < -0.39 is 0 Å². The minimum atomic E-state index is -0.369. The Labute approximate surface area is 126 Å². The molecule has 21 heavy (non-hydrogen) atoms. The lowest BCUT2D eigenvalue weighted by atomic mass is 10.0. The van der Waals surface area contributed by atoms with Gasteiger partial charge in [0.1, 0.15) is 5.75 Å². The molecule has 0 N–H and O–H groups in total. The Hall–Kier alpha value is -2.10. The molecule has 4 nitrogen and oxygen atoms in total. The Morgan fingerprint density at radius 2 is 1.81 bits per heavy atom. The van der Waals surface area contributed by atoms with Gasteiger partial charge in [0, 0.05) is 31.7 Å². The second kappa shape index (κ2) is 7.62. The monoisotopic (exact) mass is 289 g/mol. The number of carbonyl (C=O) groups excluding carboxylic acids is 2. The van der Waals surface area contributed by atoms with Gasteiger partial charge in [-0.3, -0.25) is 9.59 Å². The van der Waals surface area contributed by atoms with Crippen LogP contribution < -0.4 is 4.74 Å². The van der Waals surface area contributed by atoms with Gasteiger partial charge in [-0.2, -0.15) is 0 Å². The molecule has 1 amide bonds. The summed E-state index contributed by atoms with van der Waals surface area (Å²) >= 11 is 0. The highest BCUT2D eigenvalue weighted by Gasteiger charge is 2.10. The van der Waals surface area contributed by atoms with Gasteiger partial charge in [0.05, 0.1) is 0 Å². The summed E-state index contributed by atoms with van der Waals surface area (Å²) in [6.07, 6.45) is 3.23. The molecule has 0 saturated carbocycles. The molecule has 114 valence electrons. The van der Waals surface area contributed by atoms with E-state index in [9.17, 15) is 9.59 Å². The fourth-order valence-corrected chi connectivity index (χ4v) is 2.20. The van der Waals surface area contributed by atoms with Crippen molar-refractivity contribution in [3.8, 4) is 5.75 Å². The van der Waals surface area contributed by atoms with Gasteiger partial charge in [-0.1, -0.05) is 11.6 Å². The predicted octanol–water partition coefficient (Wildman–Crippen LogP) is 3.11. The number of carbonyl (C=O) groups is 2. The van der Waals surface area contributed by atoms with Crippen LogP contribution in [-0.2, 0) is 9.59 Å². The van der Waals surface area contributed by atoms with Crippen molar-refractivity contribution in [1.29, 1.82) is 0 Å². The van der Waals surface area contributed by atoms with E-state index in [0.29, 0.717) is 18.8 Å². The molecule has 0 fully saturated rings. The zero-order valence-electron chi connectivity index (χ0n) is 13.4. The summed E-state index contributed by atoms with van der Waals surface area (Å²) in [5, 5.41) is 0. The van der Waals surface area contributed by atoms with Gasteiger partial charge in [-0.05, 0) is 45.4 Å². The third kappa shape index (κ3) is 4.74. The zero-order valence-corrected chi connectivity index (χ0v) is 13.4. The van der Waals surface area contributed by atoms with Gasteiger partial charge >= 0.3 is 5.97 Å². The molecular formula is C17H23NO3. The average Bonchev–Trinajstić information content (AvgIpc) is 2.40. The van der Waals surface area contributed by atoms with Crippen LogP contribution in [0.15, 0.2) is 18.2 Å². The van der Waals surface area contributed by atoms with Crippen molar-refractivity contribution >= 4 is 18.0 Å². The summed E-state index contributed by atoms with van der Waals surface area (Å²) in [6, 6.07) is 3.85. The van der Waals surface area contributed by atoms with E-state index in [-0.39, 0.29) is 11.9 Å². The van der Waals surface area contributed by atoms with Crippen molar-refractivity contribution in [2.75, 3.05) is 13.1 Å². The van der Waals surface area contributed by atoms with E-state index in [1.54, 1.807) is 11.0 Å². The number of benzene rings is 1. The highest BCUT2D eigenvalue weighted by atomic mass is 16.5. The number of hydrogen-bond acceptors (Lipinski definition) is 3. The molecule has 4 heteroatoms. The Balaban J connectivity index is 3.11. The molecule has 0 radical (unpaired) electrons. The molecule has 1 aromatic carbocycles. The standard InChI is InChI=1S/C17H23NO3/c1-6-18(7-2)16(20)9-8-15-11-12(3)10-13(4)17(15)21-14(5)19/h8-11H,6-7H2,1-5H3/b9-8-. The summed E-state index contributed by atoms with van der Waals surface area (Å²) in [6.45, 7) is 10.4. The lowest BCUT2D eigenvalue weighted by Crippen LogP contribution is -2.28. The van der Waals surface area contributed by atoms with Crippen molar-refractivity contribution in [1.82, 2.24) is 4.90 Å². The first-order chi connectivity index (χ1) is 9.88. The number of rotatable bonds is 5. The Morgan fingerprint density at radius 3 is 2.33 bits per heavy atom. The maximum Gasteiger partial charge on any atom is 0.308 e. The van der Waals surface area contributed by atoms with Crippen LogP contribution in [0.1, 0.15) is 37.5 Å². The first kappa shape index (κ1) is 17.0. The van der Waals surface area contributed by atoms with Gasteiger partial charge in [0.2, 0.25) is 5.91 Å². The molecule has 0 aliphatic heterocycles. The molecule has 1 rings (SSSR count). The molecule has 0 bridgehead atoms. The largest absolute Gasteiger partial charge is 0.426 e. The van der Waals surface area contributed by atoms with Gasteiger partial charge in [0.15, 0.2) is 0 Å². The molecule has 0 heterocycles. The fraction of sp³-hybridized carbons (Fsp3) is 0.412. The van der Waals surface area contributed by atoms with Crippen molar-refractivity contribution in [2.45, 2.75) is 34.6 Å².